The molecule has 3 nitrogen and oxygen atoms in total. The van der Waals surface area contributed by atoms with Gasteiger partial charge in [-0.05, 0) is 12.8 Å². The van der Waals surface area contributed by atoms with Gasteiger partial charge in [0.25, 0.3) is 0 Å². The van der Waals surface area contributed by atoms with E-state index in [1.54, 1.807) is 6.21 Å². The summed E-state index contributed by atoms with van der Waals surface area (Å²) < 4.78 is 0. The molecule has 0 aromatic rings. The van der Waals surface area contributed by atoms with Crippen LogP contribution in [-0.4, -0.2) is 24.4 Å². The highest BCUT2D eigenvalue weighted by molar-refractivity contribution is 6.42. The molecule has 0 bridgehead atoms. The van der Waals surface area contributed by atoms with Gasteiger partial charge in [0.1, 0.15) is 0 Å². The maximum atomic E-state index is 11.2. The van der Waals surface area contributed by atoms with Crippen molar-refractivity contribution in [3.63, 3.8) is 0 Å². The molecule has 0 aromatic carbocycles. The number of carbonyl (C=O) groups excluding carboxylic acids is 1. The first-order chi connectivity index (χ1) is 4.88. The molecule has 0 unspecified atom stereocenters. The van der Waals surface area contributed by atoms with Gasteiger partial charge in [-0.1, -0.05) is 0 Å². The van der Waals surface area contributed by atoms with Crippen molar-refractivity contribution < 1.29 is 4.79 Å². The van der Waals surface area contributed by atoms with Gasteiger partial charge < -0.3 is 0 Å². The molecule has 0 atom stereocenters. The van der Waals surface area contributed by atoms with Crippen molar-refractivity contribution in [2.24, 2.45) is 15.9 Å². The Morgan fingerprint density at radius 2 is 2.40 bits per heavy atom. The Morgan fingerprint density at radius 3 is 2.90 bits per heavy atom. The number of carbonyl (C=O) groups is 1. The summed E-state index contributed by atoms with van der Waals surface area (Å²) in [4.78, 5) is 19.0. The summed E-state index contributed by atoms with van der Waals surface area (Å²) in [7, 11) is 0. The third kappa shape index (κ3) is 0.875. The lowest BCUT2D eigenvalue weighted by Crippen LogP contribution is -2.11. The predicted octanol–water partition coefficient (Wildman–Crippen LogP) is 0.448. The van der Waals surface area contributed by atoms with E-state index in [9.17, 15) is 4.79 Å². The van der Waals surface area contributed by atoms with E-state index in [0.29, 0.717) is 12.4 Å². The Bertz CT molecular complexity index is 226. The minimum atomic E-state index is 0.147. The largest absolute Gasteiger partial charge is 0.290 e. The van der Waals surface area contributed by atoms with Crippen LogP contribution in [0.4, 0.5) is 0 Å². The Hall–Kier alpha value is -0.990. The number of Topliss-reactive ketones (excluding diaryl/α,β-unsaturated/α-hetero) is 1. The molecule has 1 fully saturated rings. The topological polar surface area (TPSA) is 41.8 Å². The van der Waals surface area contributed by atoms with Crippen molar-refractivity contribution in [2.45, 2.75) is 12.8 Å². The number of hydrogen-bond acceptors (Lipinski definition) is 3. The lowest BCUT2D eigenvalue weighted by atomic mass is 10.2. The van der Waals surface area contributed by atoms with Crippen LogP contribution in [0, 0.1) is 5.92 Å². The van der Waals surface area contributed by atoms with E-state index in [-0.39, 0.29) is 11.7 Å². The van der Waals surface area contributed by atoms with Gasteiger partial charge in [0.15, 0.2) is 5.84 Å². The minimum absolute atomic E-state index is 0.147. The third-order valence-electron chi connectivity index (χ3n) is 1.70. The molecule has 0 radical (unpaired) electrons. The summed E-state index contributed by atoms with van der Waals surface area (Å²) in [5, 5.41) is 0. The lowest BCUT2D eigenvalue weighted by molar-refractivity contribution is -0.114. The highest BCUT2D eigenvalue weighted by atomic mass is 16.1. The Balaban J connectivity index is 2.10. The monoisotopic (exact) mass is 136 g/mol. The maximum Gasteiger partial charge on any atom is 0.202 e. The van der Waals surface area contributed by atoms with Crippen molar-refractivity contribution in [1.29, 1.82) is 0 Å². The number of ketones is 1. The number of aliphatic imine (C=N–C) groups is 2. The number of amidine groups is 1. The van der Waals surface area contributed by atoms with E-state index in [4.69, 9.17) is 0 Å². The van der Waals surface area contributed by atoms with Gasteiger partial charge in [-0.2, -0.15) is 0 Å². The molecule has 0 N–H and O–H groups in total. The predicted molar refractivity (Wildman–Crippen MR) is 38.5 cm³/mol. The molecule has 2 rings (SSSR count). The molecule has 0 aromatic heterocycles. The molecule has 1 heterocycles. The highest BCUT2D eigenvalue weighted by Gasteiger charge is 2.33. The summed E-state index contributed by atoms with van der Waals surface area (Å²) in [6.07, 6.45) is 3.75. The molecule has 3 heteroatoms. The van der Waals surface area contributed by atoms with E-state index in [1.807, 2.05) is 0 Å². The fourth-order valence-electron chi connectivity index (χ4n) is 0.965. The van der Waals surface area contributed by atoms with Gasteiger partial charge in [0.05, 0.1) is 6.54 Å². The van der Waals surface area contributed by atoms with Crippen LogP contribution in [0.25, 0.3) is 0 Å². The van der Waals surface area contributed by atoms with Crippen molar-refractivity contribution in [1.82, 2.24) is 0 Å². The first-order valence-electron chi connectivity index (χ1n) is 3.49. The Kier molecular flexibility index (Phi) is 1.16. The summed E-state index contributed by atoms with van der Waals surface area (Å²) in [6, 6.07) is 0. The molecule has 0 spiro atoms. The minimum Gasteiger partial charge on any atom is -0.290 e. The standard InChI is InChI=1S/C7H8N2O/c10-6(5-1-2-5)7-8-3-4-9-7/h3,5H,1-2,4H2. The summed E-state index contributed by atoms with van der Waals surface area (Å²) in [5.74, 6) is 0.852. The lowest BCUT2D eigenvalue weighted by Gasteiger charge is -1.90. The molecule has 1 saturated carbocycles. The second-order valence-corrected chi connectivity index (χ2v) is 2.61. The van der Waals surface area contributed by atoms with Crippen molar-refractivity contribution >= 4 is 17.8 Å². The van der Waals surface area contributed by atoms with Crippen LogP contribution >= 0.6 is 0 Å². The molecule has 10 heavy (non-hydrogen) atoms. The van der Waals surface area contributed by atoms with Gasteiger partial charge in [-0.25, -0.2) is 4.99 Å². The van der Waals surface area contributed by atoms with Crippen LogP contribution < -0.4 is 0 Å². The van der Waals surface area contributed by atoms with Gasteiger partial charge in [-0.3, -0.25) is 9.79 Å². The number of rotatable bonds is 2. The van der Waals surface area contributed by atoms with Gasteiger partial charge in [-0.15, -0.1) is 0 Å². The van der Waals surface area contributed by atoms with Gasteiger partial charge in [0.2, 0.25) is 5.78 Å². The second-order valence-electron chi connectivity index (χ2n) is 2.61. The third-order valence-corrected chi connectivity index (χ3v) is 1.70. The maximum absolute atomic E-state index is 11.2. The zero-order valence-electron chi connectivity index (χ0n) is 5.58. The smallest absolute Gasteiger partial charge is 0.202 e. The average Bonchev–Trinajstić information content (AvgIpc) is 2.65. The van der Waals surface area contributed by atoms with Crippen LogP contribution in [0.5, 0.6) is 0 Å². The molecular weight excluding hydrogens is 128 g/mol. The SMILES string of the molecule is O=C(C1=NCC=N1)C1CC1. The van der Waals surface area contributed by atoms with Crippen LogP contribution in [0.3, 0.4) is 0 Å². The molecule has 1 aliphatic heterocycles. The number of nitrogens with zero attached hydrogens (tertiary/aromatic N) is 2. The highest BCUT2D eigenvalue weighted by Crippen LogP contribution is 2.30. The second kappa shape index (κ2) is 2.01. The summed E-state index contributed by atoms with van der Waals surface area (Å²) in [6.45, 7) is 0.591. The molecule has 1 aliphatic carbocycles. The molecule has 0 amide bonds. The van der Waals surface area contributed by atoms with E-state index >= 15 is 0 Å². The normalized spacial score (nSPS) is 23.0. The number of hydrogen-bond donors (Lipinski definition) is 0. The van der Waals surface area contributed by atoms with Crippen molar-refractivity contribution in [3.8, 4) is 0 Å². The van der Waals surface area contributed by atoms with Crippen molar-refractivity contribution in [2.75, 3.05) is 6.54 Å². The molecule has 0 saturated heterocycles. The van der Waals surface area contributed by atoms with Gasteiger partial charge >= 0.3 is 0 Å². The average molecular weight is 136 g/mol. The van der Waals surface area contributed by atoms with Crippen LogP contribution in [0.2, 0.25) is 0 Å². The molecular formula is C7H8N2O. The van der Waals surface area contributed by atoms with E-state index < -0.39 is 0 Å². The molecule has 52 valence electrons. The van der Waals surface area contributed by atoms with Crippen LogP contribution in [-0.2, 0) is 4.79 Å². The van der Waals surface area contributed by atoms with Crippen LogP contribution in [0.1, 0.15) is 12.8 Å². The van der Waals surface area contributed by atoms with Gasteiger partial charge in [0, 0.05) is 12.1 Å². The van der Waals surface area contributed by atoms with Crippen LogP contribution in [0.15, 0.2) is 9.98 Å². The van der Waals surface area contributed by atoms with E-state index in [0.717, 1.165) is 12.8 Å². The zero-order valence-corrected chi connectivity index (χ0v) is 5.58. The van der Waals surface area contributed by atoms with E-state index in [2.05, 4.69) is 9.98 Å². The summed E-state index contributed by atoms with van der Waals surface area (Å²) >= 11 is 0. The Morgan fingerprint density at radius 1 is 1.60 bits per heavy atom. The zero-order chi connectivity index (χ0) is 6.97. The quantitative estimate of drug-likeness (QED) is 0.543. The summed E-state index contributed by atoms with van der Waals surface area (Å²) in [5.41, 5.74) is 0. The molecule has 2 aliphatic rings. The fraction of sp³-hybridized carbons (Fsp3) is 0.571. The van der Waals surface area contributed by atoms with Crippen molar-refractivity contribution in [3.05, 3.63) is 0 Å². The fourth-order valence-corrected chi connectivity index (χ4v) is 0.965. The van der Waals surface area contributed by atoms with E-state index in [1.165, 1.54) is 0 Å². The first-order valence-corrected chi connectivity index (χ1v) is 3.49. The Labute approximate surface area is 58.9 Å². The first kappa shape index (κ1) is 5.77.